The van der Waals surface area contributed by atoms with Crippen LogP contribution in [0.25, 0.3) is 21.5 Å². The first-order valence-corrected chi connectivity index (χ1v) is 15.2. The molecule has 0 unspecified atom stereocenters. The molecule has 0 saturated heterocycles. The Morgan fingerprint density at radius 1 is 0.675 bits per heavy atom. The molecule has 0 atom stereocenters. The van der Waals surface area contributed by atoms with Crippen LogP contribution in [0.3, 0.4) is 0 Å². The summed E-state index contributed by atoms with van der Waals surface area (Å²) >= 11 is 1.60. The standard InChI is InChI=1S/C21H25.C11H12.C5H5.2CH3.Zr/c1-20(2,3)16-7-9-18-14(12-16)11-15-13-17(21(4,5)6)8-10-19(15)18;1-2-5-10(6-3-1)9-11-7-4-8-11;1-2-4-5-3-1;;;/h7-13H,1-6H3;1-3,5-6,11H,4,7-8H2;1-5H;2*1H3;/q-1;;3*-1;. The van der Waals surface area contributed by atoms with E-state index in [4.69, 9.17) is 0 Å². The van der Waals surface area contributed by atoms with Crippen LogP contribution in [0.15, 0.2) is 103 Å². The minimum absolute atomic E-state index is 0. The van der Waals surface area contributed by atoms with Crippen LogP contribution in [0.4, 0.5) is 0 Å². The van der Waals surface area contributed by atoms with Crippen molar-refractivity contribution < 1.29 is 24.2 Å². The molecule has 0 aromatic heterocycles. The summed E-state index contributed by atoms with van der Waals surface area (Å²) in [5, 5.41) is 5.48. The van der Waals surface area contributed by atoms with Crippen molar-refractivity contribution in [1.82, 2.24) is 0 Å². The van der Waals surface area contributed by atoms with Gasteiger partial charge in [0.05, 0.1) is 0 Å². The molecule has 1 aliphatic rings. The van der Waals surface area contributed by atoms with E-state index in [0.29, 0.717) is 0 Å². The van der Waals surface area contributed by atoms with E-state index in [1.54, 1.807) is 27.4 Å². The molecule has 212 valence electrons. The smallest absolute Gasteiger partial charge is 0.172 e. The van der Waals surface area contributed by atoms with Crippen molar-refractivity contribution in [3.05, 3.63) is 135 Å². The largest absolute Gasteiger partial charge is 0.214 e. The summed E-state index contributed by atoms with van der Waals surface area (Å²) in [6.45, 7) is 13.6. The van der Waals surface area contributed by atoms with E-state index in [1.165, 1.54) is 57.5 Å². The molecule has 0 bridgehead atoms. The van der Waals surface area contributed by atoms with Gasteiger partial charge < -0.3 is 14.9 Å². The Morgan fingerprint density at radius 3 is 1.50 bits per heavy atom. The average Bonchev–Trinajstić information content (AvgIpc) is 3.54. The number of rotatable bonds is 2. The summed E-state index contributed by atoms with van der Waals surface area (Å²) in [5.74, 6) is 0.922. The second-order valence-corrected chi connectivity index (χ2v) is 13.9. The molecule has 0 N–H and O–H groups in total. The van der Waals surface area contributed by atoms with Crippen LogP contribution in [0.1, 0.15) is 77.5 Å². The van der Waals surface area contributed by atoms with E-state index in [2.05, 4.69) is 114 Å². The van der Waals surface area contributed by atoms with Gasteiger partial charge in [-0.1, -0.05) is 76.9 Å². The van der Waals surface area contributed by atoms with Crippen LogP contribution in [-0.2, 0) is 35.1 Å². The zero-order valence-electron chi connectivity index (χ0n) is 26.0. The molecule has 40 heavy (non-hydrogen) atoms. The van der Waals surface area contributed by atoms with Crippen molar-refractivity contribution in [3.63, 3.8) is 0 Å². The van der Waals surface area contributed by atoms with Gasteiger partial charge >= 0.3 is 88.5 Å². The molecule has 1 aliphatic carbocycles. The van der Waals surface area contributed by atoms with Gasteiger partial charge in [0.1, 0.15) is 0 Å². The Hall–Kier alpha value is -2.37. The fraction of sp³-hybridized carbons (Fsp3) is 0.308. The first kappa shape index (κ1) is 33.8. The fourth-order valence-electron chi connectivity index (χ4n) is 4.83. The van der Waals surface area contributed by atoms with Crippen LogP contribution in [0.2, 0.25) is 0 Å². The topological polar surface area (TPSA) is 0 Å². The predicted molar refractivity (Wildman–Crippen MR) is 177 cm³/mol. The van der Waals surface area contributed by atoms with E-state index in [0.717, 1.165) is 5.92 Å². The number of hydrogen-bond acceptors (Lipinski definition) is 0. The molecule has 0 nitrogen and oxygen atoms in total. The van der Waals surface area contributed by atoms with Crippen LogP contribution < -0.4 is 0 Å². The first-order chi connectivity index (χ1) is 18.0. The first-order valence-electron chi connectivity index (χ1n) is 14.0. The second kappa shape index (κ2) is 14.5. The third-order valence-corrected chi connectivity index (χ3v) is 9.30. The van der Waals surface area contributed by atoms with E-state index >= 15 is 0 Å². The van der Waals surface area contributed by atoms with Crippen LogP contribution in [0, 0.1) is 20.8 Å². The Balaban J connectivity index is 0.000000248. The molecule has 6 rings (SSSR count). The molecule has 0 radical (unpaired) electrons. The van der Waals surface area contributed by atoms with Gasteiger partial charge in [0.2, 0.25) is 0 Å². The quantitative estimate of drug-likeness (QED) is 0.175. The molecule has 0 heterocycles. The van der Waals surface area contributed by atoms with Crippen molar-refractivity contribution in [1.29, 1.82) is 0 Å². The van der Waals surface area contributed by atoms with Gasteiger partial charge in [-0.3, -0.25) is 0 Å². The average molecular weight is 608 g/mol. The minimum Gasteiger partial charge on any atom is -0.214 e. The van der Waals surface area contributed by atoms with Crippen LogP contribution in [0.5, 0.6) is 0 Å². The molecule has 5 aromatic carbocycles. The molecule has 0 amide bonds. The molecular weight excluding hydrogens is 560 g/mol. The number of benzene rings is 3. The van der Waals surface area contributed by atoms with Gasteiger partial charge in [-0.2, -0.15) is 18.2 Å². The van der Waals surface area contributed by atoms with Crippen molar-refractivity contribution >= 4 is 24.8 Å². The Morgan fingerprint density at radius 2 is 1.15 bits per heavy atom. The molecule has 0 aliphatic heterocycles. The van der Waals surface area contributed by atoms with Gasteiger partial charge in [0.15, 0.2) is 0 Å². The summed E-state index contributed by atoms with van der Waals surface area (Å²) in [4.78, 5) is 0. The van der Waals surface area contributed by atoms with Crippen molar-refractivity contribution in [2.45, 2.75) is 71.6 Å². The van der Waals surface area contributed by atoms with Gasteiger partial charge in [-0.25, -0.2) is 12.1 Å². The van der Waals surface area contributed by atoms with Crippen molar-refractivity contribution in [3.8, 4) is 0 Å². The maximum Gasteiger partial charge on any atom is -0.172 e. The fourth-order valence-corrected chi connectivity index (χ4v) is 5.95. The number of hydrogen-bond donors (Lipinski definition) is 0. The molecule has 1 heteroatoms. The van der Waals surface area contributed by atoms with Gasteiger partial charge in [0.25, 0.3) is 0 Å². The zero-order chi connectivity index (χ0) is 27.3. The second-order valence-electron chi connectivity index (χ2n) is 12.6. The van der Waals surface area contributed by atoms with Gasteiger partial charge in [-0.05, 0) is 10.8 Å². The van der Waals surface area contributed by atoms with Crippen molar-refractivity contribution in [2.24, 2.45) is 5.92 Å². The third-order valence-electron chi connectivity index (χ3n) is 7.59. The van der Waals surface area contributed by atoms with Crippen LogP contribution >= 0.6 is 0 Å². The Bertz CT molecular complexity index is 1360. The SMILES string of the molecule is CC(C)(C)c1ccc2c(c1)[cH-]c1cc(C(C)(C)C)ccc12.[CH3-].[CH3-].[Zr]=[C](c1ccccc1)C1CCC1.c1cc[cH-]c1. The third kappa shape index (κ3) is 8.57. The van der Waals surface area contributed by atoms with E-state index in [9.17, 15) is 0 Å². The monoisotopic (exact) mass is 606 g/mol. The maximum absolute atomic E-state index is 2.35. The summed E-state index contributed by atoms with van der Waals surface area (Å²) in [6.07, 6.45) is 4.29. The number of fused-ring (bicyclic) bond motifs is 3. The van der Waals surface area contributed by atoms with Crippen LogP contribution in [-0.4, -0.2) is 3.21 Å². The summed E-state index contributed by atoms with van der Waals surface area (Å²) < 4.78 is 1.68. The Kier molecular flexibility index (Phi) is 12.3. The van der Waals surface area contributed by atoms with E-state index in [-0.39, 0.29) is 25.7 Å². The Labute approximate surface area is 259 Å². The molecular formula is C39H48Zr-4. The molecule has 5 aromatic rings. The summed E-state index contributed by atoms with van der Waals surface area (Å²) in [6, 6.07) is 37.0. The molecule has 1 fully saturated rings. The summed E-state index contributed by atoms with van der Waals surface area (Å²) in [7, 11) is 0. The molecule has 0 spiro atoms. The van der Waals surface area contributed by atoms with E-state index in [1.807, 2.05) is 30.3 Å². The molecule has 1 saturated carbocycles. The maximum atomic E-state index is 2.35. The predicted octanol–water partition coefficient (Wildman–Crippen LogP) is 11.2. The van der Waals surface area contributed by atoms with Gasteiger partial charge in [0, 0.05) is 0 Å². The summed E-state index contributed by atoms with van der Waals surface area (Å²) in [5.41, 5.74) is 4.69. The zero-order valence-corrected chi connectivity index (χ0v) is 28.5. The van der Waals surface area contributed by atoms with E-state index < -0.39 is 0 Å². The normalized spacial score (nSPS) is 13.0. The minimum atomic E-state index is 0. The van der Waals surface area contributed by atoms with Gasteiger partial charge in [-0.15, -0.1) is 39.7 Å². The van der Waals surface area contributed by atoms with Crippen molar-refractivity contribution in [2.75, 3.05) is 0 Å².